The molecular weight excluding hydrogens is 248 g/mol. The van der Waals surface area contributed by atoms with Crippen molar-refractivity contribution < 1.29 is 0 Å². The van der Waals surface area contributed by atoms with Gasteiger partial charge in [0.1, 0.15) is 0 Å². The molecule has 1 aliphatic rings. The van der Waals surface area contributed by atoms with Gasteiger partial charge in [0.05, 0.1) is 16.4 Å². The molecule has 1 unspecified atom stereocenters. The zero-order chi connectivity index (χ0) is 13.1. The van der Waals surface area contributed by atoms with Gasteiger partial charge in [0.15, 0.2) is 0 Å². The Morgan fingerprint density at radius 1 is 1.50 bits per heavy atom. The van der Waals surface area contributed by atoms with Gasteiger partial charge in [0.2, 0.25) is 0 Å². The van der Waals surface area contributed by atoms with E-state index in [1.807, 2.05) is 11.7 Å². The van der Waals surface area contributed by atoms with Crippen LogP contribution in [0.4, 0.5) is 0 Å². The first-order valence-electron chi connectivity index (χ1n) is 6.77. The van der Waals surface area contributed by atoms with E-state index in [-0.39, 0.29) is 0 Å². The van der Waals surface area contributed by atoms with E-state index in [1.165, 1.54) is 6.42 Å². The largest absolute Gasteiger partial charge is 0.313 e. The second-order valence-electron chi connectivity index (χ2n) is 5.13. The first-order valence-corrected chi connectivity index (χ1v) is 7.15. The lowest BCUT2D eigenvalue weighted by Crippen LogP contribution is -2.35. The number of hydrogen-bond donors (Lipinski definition) is 1. The highest BCUT2D eigenvalue weighted by Gasteiger charge is 2.19. The lowest BCUT2D eigenvalue weighted by Gasteiger charge is -2.22. The zero-order valence-corrected chi connectivity index (χ0v) is 12.3. The van der Waals surface area contributed by atoms with E-state index in [9.17, 15) is 0 Å². The standard InChI is InChI=1S/C13H23ClN4/c1-4-11-13(14)12(17(3)16-11)9-18-7-5-6-15-10(2)8-18/h10,15H,4-9H2,1-3H3. The Labute approximate surface area is 114 Å². The Balaban J connectivity index is 2.10. The molecule has 0 saturated carbocycles. The first kappa shape index (κ1) is 13.8. The smallest absolute Gasteiger partial charge is 0.0863 e. The lowest BCUT2D eigenvalue weighted by atomic mass is 10.2. The lowest BCUT2D eigenvalue weighted by molar-refractivity contribution is 0.258. The van der Waals surface area contributed by atoms with E-state index in [1.54, 1.807) is 0 Å². The molecule has 0 amide bonds. The summed E-state index contributed by atoms with van der Waals surface area (Å²) in [5.41, 5.74) is 2.15. The van der Waals surface area contributed by atoms with Crippen molar-refractivity contribution in [1.82, 2.24) is 20.0 Å². The predicted octanol–water partition coefficient (Wildman–Crippen LogP) is 1.82. The molecule has 4 nitrogen and oxygen atoms in total. The molecule has 0 radical (unpaired) electrons. The molecule has 0 aliphatic carbocycles. The van der Waals surface area contributed by atoms with Crippen LogP contribution in [0.25, 0.3) is 0 Å². The van der Waals surface area contributed by atoms with E-state index < -0.39 is 0 Å². The van der Waals surface area contributed by atoms with Gasteiger partial charge in [0.25, 0.3) is 0 Å². The molecule has 0 spiro atoms. The van der Waals surface area contributed by atoms with Gasteiger partial charge in [-0.1, -0.05) is 18.5 Å². The summed E-state index contributed by atoms with van der Waals surface area (Å²) in [6, 6.07) is 0.546. The molecular formula is C13H23ClN4. The van der Waals surface area contributed by atoms with E-state index in [4.69, 9.17) is 11.6 Å². The fraction of sp³-hybridized carbons (Fsp3) is 0.769. The van der Waals surface area contributed by atoms with Crippen molar-refractivity contribution in [2.75, 3.05) is 19.6 Å². The van der Waals surface area contributed by atoms with Crippen molar-refractivity contribution in [1.29, 1.82) is 0 Å². The van der Waals surface area contributed by atoms with Gasteiger partial charge in [0, 0.05) is 26.2 Å². The molecule has 1 aromatic heterocycles. The van der Waals surface area contributed by atoms with Crippen LogP contribution >= 0.6 is 11.6 Å². The van der Waals surface area contributed by atoms with Crippen molar-refractivity contribution in [3.8, 4) is 0 Å². The fourth-order valence-corrected chi connectivity index (χ4v) is 2.89. The van der Waals surface area contributed by atoms with Gasteiger partial charge < -0.3 is 5.32 Å². The number of nitrogens with one attached hydrogen (secondary N) is 1. The minimum atomic E-state index is 0.546. The number of rotatable bonds is 3. The quantitative estimate of drug-likeness (QED) is 0.910. The topological polar surface area (TPSA) is 33.1 Å². The van der Waals surface area contributed by atoms with Crippen molar-refractivity contribution in [2.45, 2.75) is 39.3 Å². The van der Waals surface area contributed by atoms with Gasteiger partial charge in [-0.2, -0.15) is 5.10 Å². The summed E-state index contributed by atoms with van der Waals surface area (Å²) in [5, 5.41) is 8.84. The fourth-order valence-electron chi connectivity index (χ4n) is 2.54. The third-order valence-corrected chi connectivity index (χ3v) is 3.99. The molecule has 0 aromatic carbocycles. The van der Waals surface area contributed by atoms with Crippen LogP contribution in [0, 0.1) is 0 Å². The molecule has 1 fully saturated rings. The van der Waals surface area contributed by atoms with Crippen molar-refractivity contribution in [3.63, 3.8) is 0 Å². The van der Waals surface area contributed by atoms with E-state index in [0.29, 0.717) is 6.04 Å². The molecule has 2 heterocycles. The summed E-state index contributed by atoms with van der Waals surface area (Å²) < 4.78 is 1.93. The molecule has 0 bridgehead atoms. The third-order valence-electron chi connectivity index (χ3n) is 3.55. The Bertz CT molecular complexity index is 402. The summed E-state index contributed by atoms with van der Waals surface area (Å²) in [7, 11) is 1.99. The maximum absolute atomic E-state index is 6.40. The van der Waals surface area contributed by atoms with Gasteiger partial charge in [-0.25, -0.2) is 0 Å². The zero-order valence-electron chi connectivity index (χ0n) is 11.5. The predicted molar refractivity (Wildman–Crippen MR) is 75.0 cm³/mol. The minimum Gasteiger partial charge on any atom is -0.313 e. The SMILES string of the molecule is CCc1nn(C)c(CN2CCCNC(C)C2)c1Cl. The Morgan fingerprint density at radius 2 is 2.28 bits per heavy atom. The molecule has 2 rings (SSSR count). The first-order chi connectivity index (χ1) is 8.61. The molecule has 1 atom stereocenters. The summed E-state index contributed by atoms with van der Waals surface area (Å²) in [5.74, 6) is 0. The minimum absolute atomic E-state index is 0.546. The maximum Gasteiger partial charge on any atom is 0.0863 e. The average molecular weight is 271 g/mol. The Hall–Kier alpha value is -0.580. The van der Waals surface area contributed by atoms with Gasteiger partial charge in [-0.05, 0) is 32.9 Å². The van der Waals surface area contributed by atoms with Crippen LogP contribution in [-0.2, 0) is 20.0 Å². The van der Waals surface area contributed by atoms with Crippen LogP contribution < -0.4 is 5.32 Å². The Morgan fingerprint density at radius 3 is 2.94 bits per heavy atom. The Kier molecular flexibility index (Phi) is 4.65. The maximum atomic E-state index is 6.40. The molecule has 102 valence electrons. The molecule has 18 heavy (non-hydrogen) atoms. The summed E-state index contributed by atoms with van der Waals surface area (Å²) in [4.78, 5) is 2.47. The monoisotopic (exact) mass is 270 g/mol. The second-order valence-corrected chi connectivity index (χ2v) is 5.51. The van der Waals surface area contributed by atoms with Crippen molar-refractivity contribution >= 4 is 11.6 Å². The van der Waals surface area contributed by atoms with Crippen molar-refractivity contribution in [2.24, 2.45) is 7.05 Å². The molecule has 1 aromatic rings. The molecule has 1 saturated heterocycles. The second kappa shape index (κ2) is 6.04. The van der Waals surface area contributed by atoms with Crippen LogP contribution in [-0.4, -0.2) is 40.4 Å². The van der Waals surface area contributed by atoms with Gasteiger partial charge >= 0.3 is 0 Å². The van der Waals surface area contributed by atoms with Gasteiger partial charge in [-0.15, -0.1) is 0 Å². The summed E-state index contributed by atoms with van der Waals surface area (Å²) >= 11 is 6.40. The van der Waals surface area contributed by atoms with E-state index >= 15 is 0 Å². The highest BCUT2D eigenvalue weighted by atomic mass is 35.5. The average Bonchev–Trinajstić information content (AvgIpc) is 2.53. The summed E-state index contributed by atoms with van der Waals surface area (Å²) in [6.45, 7) is 8.53. The molecule has 1 aliphatic heterocycles. The van der Waals surface area contributed by atoms with Crippen LogP contribution in [0.1, 0.15) is 31.7 Å². The van der Waals surface area contributed by atoms with Crippen LogP contribution in [0.15, 0.2) is 0 Å². The highest BCUT2D eigenvalue weighted by Crippen LogP contribution is 2.22. The van der Waals surface area contributed by atoms with Crippen LogP contribution in [0.2, 0.25) is 5.02 Å². The number of halogens is 1. The third kappa shape index (κ3) is 3.05. The number of nitrogens with zero attached hydrogens (tertiary/aromatic N) is 3. The van der Waals surface area contributed by atoms with E-state index in [2.05, 4.69) is 29.2 Å². The highest BCUT2D eigenvalue weighted by molar-refractivity contribution is 6.31. The van der Waals surface area contributed by atoms with Crippen LogP contribution in [0.5, 0.6) is 0 Å². The molecule has 5 heteroatoms. The van der Waals surface area contributed by atoms with Crippen molar-refractivity contribution in [3.05, 3.63) is 16.4 Å². The molecule has 1 N–H and O–H groups in total. The van der Waals surface area contributed by atoms with Crippen LogP contribution in [0.3, 0.4) is 0 Å². The summed E-state index contributed by atoms with van der Waals surface area (Å²) in [6.07, 6.45) is 2.09. The van der Waals surface area contributed by atoms with Gasteiger partial charge in [-0.3, -0.25) is 9.58 Å². The number of hydrogen-bond acceptors (Lipinski definition) is 3. The number of aromatic nitrogens is 2. The normalized spacial score (nSPS) is 22.1. The van der Waals surface area contributed by atoms with E-state index in [0.717, 1.165) is 49.0 Å². The number of aryl methyl sites for hydroxylation is 2.